The maximum absolute atomic E-state index is 13.1. The molecule has 0 saturated heterocycles. The maximum Gasteiger partial charge on any atom is 0.262 e. The van der Waals surface area contributed by atoms with Crippen LogP contribution in [0, 0.1) is 5.92 Å². The number of hydrogen-bond donors (Lipinski definition) is 2. The molecule has 6 nitrogen and oxygen atoms in total. The van der Waals surface area contributed by atoms with Gasteiger partial charge in [-0.2, -0.15) is 0 Å². The monoisotopic (exact) mass is 379 g/mol. The fraction of sp³-hybridized carbons (Fsp3) is 0.500. The van der Waals surface area contributed by atoms with Crippen molar-refractivity contribution < 1.29 is 14.6 Å². The molecule has 4 atom stereocenters. The fourth-order valence-electron chi connectivity index (χ4n) is 4.06. The number of fused-ring (bicyclic) bond motifs is 4. The fourth-order valence-corrected chi connectivity index (χ4v) is 4.42. The average molecular weight is 380 g/mol. The van der Waals surface area contributed by atoms with E-state index in [9.17, 15) is 9.90 Å². The number of rotatable bonds is 0. The van der Waals surface area contributed by atoms with Crippen molar-refractivity contribution in [1.82, 2.24) is 4.90 Å². The van der Waals surface area contributed by atoms with E-state index in [0.717, 1.165) is 10.0 Å². The highest BCUT2D eigenvalue weighted by Gasteiger charge is 2.60. The number of hydrogen-bond acceptors (Lipinski definition) is 5. The van der Waals surface area contributed by atoms with Gasteiger partial charge in [0.25, 0.3) is 5.91 Å². The lowest BCUT2D eigenvalue weighted by molar-refractivity contribution is -0.138. The Kier molecular flexibility index (Phi) is 3.22. The molecule has 0 aromatic heterocycles. The summed E-state index contributed by atoms with van der Waals surface area (Å²) < 4.78 is 6.97. The summed E-state index contributed by atoms with van der Waals surface area (Å²) in [5.41, 5.74) is 5.68. The molecule has 2 heterocycles. The summed E-state index contributed by atoms with van der Waals surface area (Å²) >= 11 is 3.47. The molecule has 1 spiro atoms. The zero-order valence-electron chi connectivity index (χ0n) is 12.7. The van der Waals surface area contributed by atoms with Gasteiger partial charge >= 0.3 is 0 Å². The highest BCUT2D eigenvalue weighted by atomic mass is 79.9. The topological polar surface area (TPSA) is 88.2 Å². The summed E-state index contributed by atoms with van der Waals surface area (Å²) in [6.45, 7) is 0. The maximum atomic E-state index is 13.1. The lowest BCUT2D eigenvalue weighted by atomic mass is 9.67. The largest absolute Gasteiger partial charge is 0.490 e. The smallest absolute Gasteiger partial charge is 0.262 e. The van der Waals surface area contributed by atoms with Crippen molar-refractivity contribution in [2.24, 2.45) is 16.6 Å². The molecule has 1 fully saturated rings. The van der Waals surface area contributed by atoms with E-state index in [1.807, 2.05) is 18.2 Å². The number of halogens is 1. The first-order valence-corrected chi connectivity index (χ1v) is 8.51. The predicted octanol–water partition coefficient (Wildman–Crippen LogP) is 1.35. The number of likely N-dealkylation sites (N-methyl/N-ethyl adjacent to an activating group) is 1. The third-order valence-electron chi connectivity index (χ3n) is 5.20. The van der Waals surface area contributed by atoms with Crippen molar-refractivity contribution in [1.29, 1.82) is 0 Å². The number of carbonyl (C=O) groups is 1. The molecule has 1 aromatic carbocycles. The summed E-state index contributed by atoms with van der Waals surface area (Å²) in [4.78, 5) is 19.1. The number of nitrogens with two attached hydrogens (primary N) is 1. The molecule has 1 saturated carbocycles. The van der Waals surface area contributed by atoms with Gasteiger partial charge in [-0.25, -0.2) is 4.99 Å². The van der Waals surface area contributed by atoms with Crippen LogP contribution in [0.4, 0.5) is 0 Å². The van der Waals surface area contributed by atoms with Gasteiger partial charge in [-0.15, -0.1) is 0 Å². The Morgan fingerprint density at radius 1 is 1.48 bits per heavy atom. The first kappa shape index (κ1) is 15.0. The predicted molar refractivity (Wildman–Crippen MR) is 88.0 cm³/mol. The molecule has 3 aliphatic rings. The molecule has 23 heavy (non-hydrogen) atoms. The van der Waals surface area contributed by atoms with Gasteiger partial charge in [0, 0.05) is 29.4 Å². The van der Waals surface area contributed by atoms with Gasteiger partial charge in [0.05, 0.1) is 6.10 Å². The number of carbonyl (C=O) groups excluding carboxylic acids is 1. The molecule has 1 aliphatic carbocycles. The third kappa shape index (κ3) is 1.96. The number of nitrogens with zero attached hydrogens (tertiary/aromatic N) is 2. The Labute approximate surface area is 142 Å². The number of aliphatic hydroxyl groups excluding tert-OH is 1. The molecule has 3 N–H and O–H groups in total. The Morgan fingerprint density at radius 2 is 2.26 bits per heavy atom. The third-order valence-corrected chi connectivity index (χ3v) is 5.69. The number of aliphatic hydroxyl groups is 1. The standard InChI is InChI=1S/C16H18BrN3O3/c1-20-14(22)16(19-15(20)18)10-4-3-9(21)7-13(10)23-12-5-2-8(17)6-11(12)16/h2,5-6,9-10,13,21H,3-4,7H2,1H3,(H2,18,19)/t9?,10?,13-,16+/m0/s1. The van der Waals surface area contributed by atoms with Crippen molar-refractivity contribution in [2.45, 2.75) is 37.0 Å². The number of ether oxygens (including phenoxy) is 1. The molecule has 122 valence electrons. The number of aliphatic imine (C=N–C) groups is 1. The summed E-state index contributed by atoms with van der Waals surface area (Å²) in [6.07, 6.45) is 1.19. The van der Waals surface area contributed by atoms with Crippen molar-refractivity contribution in [3.63, 3.8) is 0 Å². The molecule has 0 radical (unpaired) electrons. The zero-order valence-corrected chi connectivity index (χ0v) is 14.3. The minimum absolute atomic E-state index is 0.121. The van der Waals surface area contributed by atoms with Crippen LogP contribution in [-0.2, 0) is 10.3 Å². The van der Waals surface area contributed by atoms with E-state index in [4.69, 9.17) is 10.5 Å². The molecule has 0 bridgehead atoms. The molecule has 1 aromatic rings. The van der Waals surface area contributed by atoms with Gasteiger partial charge < -0.3 is 15.6 Å². The minimum atomic E-state index is -1.04. The van der Waals surface area contributed by atoms with Crippen LogP contribution in [0.1, 0.15) is 24.8 Å². The van der Waals surface area contributed by atoms with E-state index >= 15 is 0 Å². The van der Waals surface area contributed by atoms with E-state index < -0.39 is 11.6 Å². The highest BCUT2D eigenvalue weighted by molar-refractivity contribution is 9.10. The van der Waals surface area contributed by atoms with Crippen LogP contribution in [0.5, 0.6) is 5.75 Å². The van der Waals surface area contributed by atoms with Crippen LogP contribution in [-0.4, -0.2) is 41.1 Å². The molecule has 2 unspecified atom stereocenters. The van der Waals surface area contributed by atoms with E-state index in [-0.39, 0.29) is 23.9 Å². The number of amides is 1. The van der Waals surface area contributed by atoms with Crippen LogP contribution in [0.15, 0.2) is 27.7 Å². The highest BCUT2D eigenvalue weighted by Crippen LogP contribution is 2.53. The summed E-state index contributed by atoms with van der Waals surface area (Å²) in [7, 11) is 1.65. The quantitative estimate of drug-likeness (QED) is 0.711. The van der Waals surface area contributed by atoms with Crippen molar-refractivity contribution in [3.05, 3.63) is 28.2 Å². The number of benzene rings is 1. The molecule has 2 aliphatic heterocycles. The molecule has 1 amide bonds. The molecule has 4 rings (SSSR count). The van der Waals surface area contributed by atoms with E-state index in [2.05, 4.69) is 20.9 Å². The normalized spacial score (nSPS) is 35.6. The van der Waals surface area contributed by atoms with Crippen LogP contribution in [0.2, 0.25) is 0 Å². The number of guanidine groups is 1. The van der Waals surface area contributed by atoms with Gasteiger partial charge in [-0.3, -0.25) is 9.69 Å². The summed E-state index contributed by atoms with van der Waals surface area (Å²) in [5.74, 6) is 0.629. The van der Waals surface area contributed by atoms with Gasteiger partial charge in [0.1, 0.15) is 11.9 Å². The lowest BCUT2D eigenvalue weighted by Crippen LogP contribution is -2.55. The Bertz CT molecular complexity index is 723. The van der Waals surface area contributed by atoms with Gasteiger partial charge in [0.2, 0.25) is 0 Å². The Morgan fingerprint density at radius 3 is 2.96 bits per heavy atom. The van der Waals surface area contributed by atoms with Gasteiger partial charge in [-0.1, -0.05) is 15.9 Å². The average Bonchev–Trinajstić information content (AvgIpc) is 2.74. The van der Waals surface area contributed by atoms with E-state index in [1.54, 1.807) is 7.05 Å². The Balaban J connectivity index is 1.94. The summed E-state index contributed by atoms with van der Waals surface area (Å²) in [6, 6.07) is 5.61. The SMILES string of the molecule is CN1C(=O)[C@]2(N=C1N)c1cc(Br)ccc1O[C@H]1CC(O)CCC12. The van der Waals surface area contributed by atoms with E-state index in [0.29, 0.717) is 25.0 Å². The van der Waals surface area contributed by atoms with Crippen molar-refractivity contribution >= 4 is 27.8 Å². The Hall–Kier alpha value is -1.60. The lowest BCUT2D eigenvalue weighted by Gasteiger charge is -2.46. The van der Waals surface area contributed by atoms with Crippen molar-refractivity contribution in [3.8, 4) is 5.75 Å². The van der Waals surface area contributed by atoms with Gasteiger partial charge in [0.15, 0.2) is 11.5 Å². The minimum Gasteiger partial charge on any atom is -0.490 e. The molecule has 7 heteroatoms. The van der Waals surface area contributed by atoms with Gasteiger partial charge in [-0.05, 0) is 31.0 Å². The first-order valence-electron chi connectivity index (χ1n) is 7.71. The van der Waals surface area contributed by atoms with Crippen LogP contribution in [0.25, 0.3) is 0 Å². The van der Waals surface area contributed by atoms with Crippen LogP contribution < -0.4 is 10.5 Å². The second-order valence-electron chi connectivity index (χ2n) is 6.47. The second kappa shape index (κ2) is 4.95. The van der Waals surface area contributed by atoms with Crippen molar-refractivity contribution in [2.75, 3.05) is 7.05 Å². The van der Waals surface area contributed by atoms with E-state index in [1.165, 1.54) is 4.90 Å². The second-order valence-corrected chi connectivity index (χ2v) is 7.39. The molecular weight excluding hydrogens is 362 g/mol. The molecular formula is C16H18BrN3O3. The first-order chi connectivity index (χ1) is 10.9. The van der Waals surface area contributed by atoms with Crippen LogP contribution in [0.3, 0.4) is 0 Å². The zero-order chi connectivity index (χ0) is 16.4. The summed E-state index contributed by atoms with van der Waals surface area (Å²) in [5, 5.41) is 10.00. The van der Waals surface area contributed by atoms with Crippen LogP contribution >= 0.6 is 15.9 Å².